The Morgan fingerprint density at radius 2 is 2.24 bits per heavy atom. The Hall–Kier alpha value is -1.69. The van der Waals surface area contributed by atoms with Gasteiger partial charge in [-0.05, 0) is 19.9 Å². The molecule has 0 spiro atoms. The second-order valence-electron chi connectivity index (χ2n) is 4.59. The molecule has 17 heavy (non-hydrogen) atoms. The van der Waals surface area contributed by atoms with Gasteiger partial charge < -0.3 is 10.0 Å². The second kappa shape index (κ2) is 5.09. The minimum absolute atomic E-state index is 0.0702. The van der Waals surface area contributed by atoms with Crippen LogP contribution in [0.2, 0.25) is 0 Å². The summed E-state index contributed by atoms with van der Waals surface area (Å²) in [6.45, 7) is 3.38. The number of aliphatic hydroxyl groups is 1. The van der Waals surface area contributed by atoms with E-state index in [-0.39, 0.29) is 19.0 Å². The van der Waals surface area contributed by atoms with Crippen LogP contribution < -0.4 is 5.69 Å². The van der Waals surface area contributed by atoms with Crippen molar-refractivity contribution in [2.24, 2.45) is 0 Å². The molecule has 0 radical (unpaired) electrons. The first-order valence-corrected chi connectivity index (χ1v) is 5.27. The van der Waals surface area contributed by atoms with E-state index < -0.39 is 11.3 Å². The molecular weight excluding hydrogens is 222 g/mol. The van der Waals surface area contributed by atoms with Crippen LogP contribution in [0.3, 0.4) is 0 Å². The molecule has 1 amide bonds. The van der Waals surface area contributed by atoms with Crippen LogP contribution in [0.25, 0.3) is 0 Å². The highest BCUT2D eigenvalue weighted by Crippen LogP contribution is 2.03. The highest BCUT2D eigenvalue weighted by Gasteiger charge is 2.19. The molecule has 1 N–H and O–H groups in total. The number of carbonyl (C=O) groups is 1. The molecule has 0 fully saturated rings. The number of likely N-dealkylation sites (N-methyl/N-ethyl adjacent to an activating group) is 1. The Labute approximate surface area is 99.5 Å². The van der Waals surface area contributed by atoms with Gasteiger partial charge >= 0.3 is 5.69 Å². The Morgan fingerprint density at radius 3 is 2.76 bits per heavy atom. The van der Waals surface area contributed by atoms with Crippen LogP contribution in [0.15, 0.2) is 23.3 Å². The predicted octanol–water partition coefficient (Wildman–Crippen LogP) is -0.527. The fourth-order valence-electron chi connectivity index (χ4n) is 1.44. The van der Waals surface area contributed by atoms with Crippen molar-refractivity contribution in [1.29, 1.82) is 0 Å². The van der Waals surface area contributed by atoms with E-state index in [1.807, 2.05) is 0 Å². The van der Waals surface area contributed by atoms with E-state index in [1.54, 1.807) is 27.0 Å². The summed E-state index contributed by atoms with van der Waals surface area (Å²) in [7, 11) is 1.59. The van der Waals surface area contributed by atoms with Crippen LogP contribution in [-0.4, -0.2) is 44.7 Å². The van der Waals surface area contributed by atoms with Crippen molar-refractivity contribution in [2.75, 3.05) is 13.6 Å². The molecule has 6 heteroatoms. The smallest absolute Gasteiger partial charge is 0.347 e. The zero-order valence-electron chi connectivity index (χ0n) is 10.3. The lowest BCUT2D eigenvalue weighted by molar-refractivity contribution is -0.133. The van der Waals surface area contributed by atoms with Gasteiger partial charge in [-0.25, -0.2) is 9.78 Å². The highest BCUT2D eigenvalue weighted by atomic mass is 16.3. The monoisotopic (exact) mass is 239 g/mol. The van der Waals surface area contributed by atoms with E-state index in [2.05, 4.69) is 4.98 Å². The van der Waals surface area contributed by atoms with Gasteiger partial charge in [-0.1, -0.05) is 0 Å². The summed E-state index contributed by atoms with van der Waals surface area (Å²) in [6.07, 6.45) is 2.88. The summed E-state index contributed by atoms with van der Waals surface area (Å²) in [4.78, 5) is 28.0. The summed E-state index contributed by atoms with van der Waals surface area (Å²) in [5, 5.41) is 9.58. The molecule has 0 saturated heterocycles. The van der Waals surface area contributed by atoms with Gasteiger partial charge in [-0.3, -0.25) is 9.36 Å². The number of aromatic nitrogens is 2. The second-order valence-corrected chi connectivity index (χ2v) is 4.59. The number of carbonyl (C=O) groups excluding carboxylic acids is 1. The molecule has 1 rings (SSSR count). The number of hydrogen-bond acceptors (Lipinski definition) is 4. The molecule has 94 valence electrons. The molecule has 0 aliphatic carbocycles. The van der Waals surface area contributed by atoms with Gasteiger partial charge in [0, 0.05) is 26.0 Å². The first kappa shape index (κ1) is 13.4. The maximum atomic E-state index is 11.8. The van der Waals surface area contributed by atoms with E-state index in [0.29, 0.717) is 0 Å². The maximum absolute atomic E-state index is 11.8. The van der Waals surface area contributed by atoms with Gasteiger partial charge in [-0.2, -0.15) is 0 Å². The van der Waals surface area contributed by atoms with Crippen LogP contribution in [0.1, 0.15) is 13.8 Å². The largest absolute Gasteiger partial charge is 0.389 e. The Kier molecular flexibility index (Phi) is 4.01. The summed E-state index contributed by atoms with van der Waals surface area (Å²) in [5.41, 5.74) is -1.41. The highest BCUT2D eigenvalue weighted by molar-refractivity contribution is 5.75. The minimum Gasteiger partial charge on any atom is -0.389 e. The normalized spacial score (nSPS) is 11.3. The Morgan fingerprint density at radius 1 is 1.59 bits per heavy atom. The fourth-order valence-corrected chi connectivity index (χ4v) is 1.44. The van der Waals surface area contributed by atoms with Crippen LogP contribution in [0, 0.1) is 0 Å². The molecule has 0 saturated carbocycles. The van der Waals surface area contributed by atoms with Crippen LogP contribution >= 0.6 is 0 Å². The molecule has 1 aromatic heterocycles. The average molecular weight is 239 g/mol. The van der Waals surface area contributed by atoms with Crippen molar-refractivity contribution in [1.82, 2.24) is 14.5 Å². The molecule has 0 aliphatic heterocycles. The molecule has 0 bridgehead atoms. The van der Waals surface area contributed by atoms with E-state index in [4.69, 9.17) is 0 Å². The van der Waals surface area contributed by atoms with Gasteiger partial charge in [0.05, 0.1) is 5.60 Å². The maximum Gasteiger partial charge on any atom is 0.347 e. The fraction of sp³-hybridized carbons (Fsp3) is 0.545. The van der Waals surface area contributed by atoms with Crippen LogP contribution in [0.4, 0.5) is 0 Å². The minimum atomic E-state index is -0.954. The third kappa shape index (κ3) is 4.36. The Bertz CT molecular complexity index is 448. The standard InChI is InChI=1S/C11H17N3O3/c1-11(2,17)8-13(3)9(15)7-14-6-4-5-12-10(14)16/h4-6,17H,7-8H2,1-3H3. The predicted molar refractivity (Wildman–Crippen MR) is 62.4 cm³/mol. The summed E-state index contributed by atoms with van der Waals surface area (Å²) >= 11 is 0. The molecule has 1 aromatic rings. The van der Waals surface area contributed by atoms with E-state index in [9.17, 15) is 14.7 Å². The van der Waals surface area contributed by atoms with Crippen molar-refractivity contribution in [3.63, 3.8) is 0 Å². The molecular formula is C11H17N3O3. The van der Waals surface area contributed by atoms with Crippen LogP contribution in [0.5, 0.6) is 0 Å². The quantitative estimate of drug-likeness (QED) is 0.766. The summed E-state index contributed by atoms with van der Waals surface area (Å²) < 4.78 is 1.23. The average Bonchev–Trinajstić information content (AvgIpc) is 2.18. The van der Waals surface area contributed by atoms with Crippen molar-refractivity contribution in [2.45, 2.75) is 26.0 Å². The molecule has 0 unspecified atom stereocenters. The van der Waals surface area contributed by atoms with E-state index in [1.165, 1.54) is 21.9 Å². The first-order valence-electron chi connectivity index (χ1n) is 5.27. The van der Waals surface area contributed by atoms with Crippen molar-refractivity contribution in [3.8, 4) is 0 Å². The number of nitrogens with zero attached hydrogens (tertiary/aromatic N) is 3. The molecule has 0 aliphatic rings. The van der Waals surface area contributed by atoms with Gasteiger partial charge in [0.2, 0.25) is 5.91 Å². The number of rotatable bonds is 4. The summed E-state index contributed by atoms with van der Waals surface area (Å²) in [5.74, 6) is -0.248. The van der Waals surface area contributed by atoms with Crippen molar-refractivity contribution in [3.05, 3.63) is 28.9 Å². The van der Waals surface area contributed by atoms with Crippen LogP contribution in [-0.2, 0) is 11.3 Å². The molecule has 0 atom stereocenters. The first-order chi connectivity index (χ1) is 7.79. The lowest BCUT2D eigenvalue weighted by Crippen LogP contribution is -2.42. The third-order valence-electron chi connectivity index (χ3n) is 2.14. The molecule has 0 aromatic carbocycles. The topological polar surface area (TPSA) is 75.4 Å². The molecule has 6 nitrogen and oxygen atoms in total. The van der Waals surface area contributed by atoms with Gasteiger partial charge in [-0.15, -0.1) is 0 Å². The lowest BCUT2D eigenvalue weighted by atomic mass is 10.1. The Balaban J connectivity index is 2.67. The van der Waals surface area contributed by atoms with Gasteiger partial charge in [0.1, 0.15) is 6.54 Å². The molecule has 1 heterocycles. The summed E-state index contributed by atoms with van der Waals surface area (Å²) in [6, 6.07) is 1.59. The van der Waals surface area contributed by atoms with Crippen molar-refractivity contribution >= 4 is 5.91 Å². The number of hydrogen-bond donors (Lipinski definition) is 1. The van der Waals surface area contributed by atoms with E-state index >= 15 is 0 Å². The zero-order chi connectivity index (χ0) is 13.1. The lowest BCUT2D eigenvalue weighted by Gasteiger charge is -2.25. The van der Waals surface area contributed by atoms with Gasteiger partial charge in [0.15, 0.2) is 0 Å². The third-order valence-corrected chi connectivity index (χ3v) is 2.14. The number of amides is 1. The zero-order valence-corrected chi connectivity index (χ0v) is 10.3. The SMILES string of the molecule is CN(CC(C)(C)O)C(=O)Cn1cccnc1=O. The van der Waals surface area contributed by atoms with E-state index in [0.717, 1.165) is 0 Å². The van der Waals surface area contributed by atoms with Crippen molar-refractivity contribution < 1.29 is 9.90 Å². The van der Waals surface area contributed by atoms with Gasteiger partial charge in [0.25, 0.3) is 0 Å².